The summed E-state index contributed by atoms with van der Waals surface area (Å²) in [6.07, 6.45) is 4.92. The summed E-state index contributed by atoms with van der Waals surface area (Å²) < 4.78 is 40.0. The fourth-order valence-corrected chi connectivity index (χ4v) is 3.36. The maximum Gasteiger partial charge on any atom is 0.263 e. The number of benzene rings is 1. The third-order valence-electron chi connectivity index (χ3n) is 3.18. The van der Waals surface area contributed by atoms with E-state index in [1.165, 1.54) is 24.4 Å². The Morgan fingerprint density at radius 2 is 2.10 bits per heavy atom. The van der Waals surface area contributed by atoms with Gasteiger partial charge in [-0.3, -0.25) is 4.68 Å². The van der Waals surface area contributed by atoms with E-state index in [9.17, 15) is 12.8 Å². The van der Waals surface area contributed by atoms with Gasteiger partial charge in [-0.25, -0.2) is 12.8 Å². The molecule has 21 heavy (non-hydrogen) atoms. The number of hydrogen-bond acceptors (Lipinski definition) is 3. The van der Waals surface area contributed by atoms with E-state index in [2.05, 4.69) is 5.10 Å². The highest BCUT2D eigenvalue weighted by Gasteiger charge is 2.19. The van der Waals surface area contributed by atoms with Gasteiger partial charge in [0.15, 0.2) is 0 Å². The minimum Gasteiger partial charge on any atom is -0.342 e. The molecule has 2 heterocycles. The number of aromatic nitrogens is 3. The van der Waals surface area contributed by atoms with Crippen molar-refractivity contribution in [1.82, 2.24) is 14.3 Å². The molecule has 8 heteroatoms. The fourth-order valence-electron chi connectivity index (χ4n) is 2.31. The molecule has 1 aromatic carbocycles. The molecule has 0 N–H and O–H groups in total. The van der Waals surface area contributed by atoms with Crippen LogP contribution < -0.4 is 0 Å². The van der Waals surface area contributed by atoms with E-state index in [0.717, 1.165) is 5.56 Å². The first kappa shape index (κ1) is 14.1. The maximum atomic E-state index is 13.4. The minimum atomic E-state index is -3.95. The van der Waals surface area contributed by atoms with Gasteiger partial charge in [0.25, 0.3) is 9.05 Å². The monoisotopic (exact) mass is 327 g/mol. The Bertz CT molecular complexity index is 930. The van der Waals surface area contributed by atoms with E-state index in [1.807, 2.05) is 6.20 Å². The van der Waals surface area contributed by atoms with E-state index in [4.69, 9.17) is 10.7 Å². The van der Waals surface area contributed by atoms with Crippen molar-refractivity contribution in [3.63, 3.8) is 0 Å². The van der Waals surface area contributed by atoms with Crippen molar-refractivity contribution >= 4 is 30.6 Å². The molecule has 5 nitrogen and oxygen atoms in total. The van der Waals surface area contributed by atoms with E-state index in [-0.39, 0.29) is 10.3 Å². The van der Waals surface area contributed by atoms with Gasteiger partial charge in [-0.2, -0.15) is 5.10 Å². The van der Waals surface area contributed by atoms with Crippen molar-refractivity contribution in [3.8, 4) is 0 Å². The standard InChI is InChI=1S/C13H11ClFN3O2S/c1-17-6-9(5-16-17)7-18-8-13(21(14,19)20)11-4-10(15)2-3-12(11)18/h2-6,8H,7H2,1H3. The highest BCUT2D eigenvalue weighted by molar-refractivity contribution is 8.14. The number of nitrogens with zero attached hydrogens (tertiary/aromatic N) is 3. The molecule has 0 aliphatic carbocycles. The summed E-state index contributed by atoms with van der Waals surface area (Å²) in [7, 11) is 3.27. The summed E-state index contributed by atoms with van der Waals surface area (Å²) in [6.45, 7) is 0.419. The molecule has 0 atom stereocenters. The van der Waals surface area contributed by atoms with Gasteiger partial charge >= 0.3 is 0 Å². The second-order valence-electron chi connectivity index (χ2n) is 4.74. The van der Waals surface area contributed by atoms with Crippen molar-refractivity contribution in [1.29, 1.82) is 0 Å². The van der Waals surface area contributed by atoms with Gasteiger partial charge in [0, 0.05) is 46.6 Å². The normalized spacial score (nSPS) is 12.1. The Morgan fingerprint density at radius 1 is 1.33 bits per heavy atom. The predicted octanol–water partition coefficient (Wildman–Crippen LogP) is 2.49. The quantitative estimate of drug-likeness (QED) is 0.694. The topological polar surface area (TPSA) is 56.9 Å². The maximum absolute atomic E-state index is 13.4. The lowest BCUT2D eigenvalue weighted by atomic mass is 10.2. The van der Waals surface area contributed by atoms with Crippen LogP contribution in [0.25, 0.3) is 10.9 Å². The smallest absolute Gasteiger partial charge is 0.263 e. The van der Waals surface area contributed by atoms with E-state index < -0.39 is 14.9 Å². The van der Waals surface area contributed by atoms with E-state index >= 15 is 0 Å². The molecule has 0 fully saturated rings. The van der Waals surface area contributed by atoms with E-state index in [1.54, 1.807) is 22.5 Å². The molecular weight excluding hydrogens is 317 g/mol. The number of halogens is 2. The molecule has 0 amide bonds. The zero-order chi connectivity index (χ0) is 15.2. The molecule has 0 saturated heterocycles. The van der Waals surface area contributed by atoms with Gasteiger partial charge in [-0.1, -0.05) is 0 Å². The number of aryl methyl sites for hydroxylation is 1. The first-order valence-corrected chi connectivity index (χ1v) is 8.36. The summed E-state index contributed by atoms with van der Waals surface area (Å²) in [5.41, 5.74) is 1.50. The van der Waals surface area contributed by atoms with Crippen LogP contribution in [-0.2, 0) is 22.6 Å². The van der Waals surface area contributed by atoms with Crippen LogP contribution in [0.3, 0.4) is 0 Å². The van der Waals surface area contributed by atoms with Crippen molar-refractivity contribution in [2.45, 2.75) is 11.4 Å². The predicted molar refractivity (Wildman–Crippen MR) is 77.2 cm³/mol. The first-order valence-electron chi connectivity index (χ1n) is 6.05. The fraction of sp³-hybridized carbons (Fsp3) is 0.154. The van der Waals surface area contributed by atoms with E-state index in [0.29, 0.717) is 12.1 Å². The van der Waals surface area contributed by atoms with Gasteiger partial charge in [0.05, 0.1) is 12.7 Å². The van der Waals surface area contributed by atoms with Crippen molar-refractivity contribution in [2.24, 2.45) is 7.05 Å². The average Bonchev–Trinajstić information content (AvgIpc) is 2.93. The second kappa shape index (κ2) is 4.85. The van der Waals surface area contributed by atoms with Crippen molar-refractivity contribution < 1.29 is 12.8 Å². The Kier molecular flexibility index (Phi) is 3.26. The van der Waals surface area contributed by atoms with Gasteiger partial charge in [-0.05, 0) is 18.2 Å². The molecule has 3 aromatic rings. The molecule has 0 radical (unpaired) electrons. The van der Waals surface area contributed by atoms with Crippen LogP contribution in [0.2, 0.25) is 0 Å². The minimum absolute atomic E-state index is 0.0949. The molecule has 110 valence electrons. The van der Waals surface area contributed by atoms with Crippen LogP contribution in [0.1, 0.15) is 5.56 Å². The van der Waals surface area contributed by atoms with Crippen molar-refractivity contribution in [2.75, 3.05) is 0 Å². The zero-order valence-corrected chi connectivity index (χ0v) is 12.6. The second-order valence-corrected chi connectivity index (χ2v) is 7.28. The first-order chi connectivity index (χ1) is 9.84. The lowest BCUT2D eigenvalue weighted by molar-refractivity contribution is 0.609. The molecule has 0 spiro atoms. The summed E-state index contributed by atoms with van der Waals surface area (Å²) in [5, 5.41) is 4.33. The van der Waals surface area contributed by atoms with Crippen LogP contribution in [0.4, 0.5) is 4.39 Å². The number of hydrogen-bond donors (Lipinski definition) is 0. The lowest BCUT2D eigenvalue weighted by Crippen LogP contribution is -1.97. The van der Waals surface area contributed by atoms with Crippen LogP contribution in [0, 0.1) is 5.82 Å². The highest BCUT2D eigenvalue weighted by Crippen LogP contribution is 2.29. The van der Waals surface area contributed by atoms with Gasteiger partial charge in [0.1, 0.15) is 10.7 Å². The molecule has 0 aliphatic heterocycles. The Morgan fingerprint density at radius 3 is 2.71 bits per heavy atom. The highest BCUT2D eigenvalue weighted by atomic mass is 35.7. The summed E-state index contributed by atoms with van der Waals surface area (Å²) in [4.78, 5) is -0.0949. The zero-order valence-electron chi connectivity index (χ0n) is 11.0. The molecule has 2 aromatic heterocycles. The average molecular weight is 328 g/mol. The molecule has 0 aliphatic rings. The number of fused-ring (bicyclic) bond motifs is 1. The van der Waals surface area contributed by atoms with Crippen molar-refractivity contribution in [3.05, 3.63) is 48.2 Å². The van der Waals surface area contributed by atoms with Gasteiger partial charge < -0.3 is 4.57 Å². The van der Waals surface area contributed by atoms with Crippen LogP contribution in [0.5, 0.6) is 0 Å². The molecular formula is C13H11ClFN3O2S. The van der Waals surface area contributed by atoms with Gasteiger partial charge in [0.2, 0.25) is 0 Å². The van der Waals surface area contributed by atoms with Crippen LogP contribution in [0.15, 0.2) is 41.7 Å². The Labute approximate surface area is 125 Å². The SMILES string of the molecule is Cn1cc(Cn2cc(S(=O)(=O)Cl)c3cc(F)ccc32)cn1. The molecule has 0 bridgehead atoms. The Hall–Kier alpha value is -1.86. The van der Waals surface area contributed by atoms with Crippen LogP contribution >= 0.6 is 10.7 Å². The third kappa shape index (κ3) is 2.66. The van der Waals surface area contributed by atoms with Crippen LogP contribution in [-0.4, -0.2) is 22.8 Å². The summed E-state index contributed by atoms with van der Waals surface area (Å²) >= 11 is 0. The Balaban J connectivity index is 2.19. The summed E-state index contributed by atoms with van der Waals surface area (Å²) in [6, 6.07) is 3.99. The lowest BCUT2D eigenvalue weighted by Gasteiger charge is -2.02. The number of rotatable bonds is 3. The molecule has 0 saturated carbocycles. The molecule has 3 rings (SSSR count). The van der Waals surface area contributed by atoms with Gasteiger partial charge in [-0.15, -0.1) is 0 Å². The summed E-state index contributed by atoms with van der Waals surface area (Å²) in [5.74, 6) is -0.511. The third-order valence-corrected chi connectivity index (χ3v) is 4.53. The molecule has 0 unspecified atom stereocenters. The largest absolute Gasteiger partial charge is 0.342 e.